The number of pyridine rings is 1. The molecule has 104 valence electrons. The van der Waals surface area contributed by atoms with Crippen molar-refractivity contribution in [2.45, 2.75) is 0 Å². The van der Waals surface area contributed by atoms with Crippen molar-refractivity contribution in [1.82, 2.24) is 14.4 Å². The average Bonchev–Trinajstić information content (AvgIpc) is 2.89. The fraction of sp³-hybridized carbons (Fsp3) is 0. The molecule has 4 nitrogen and oxygen atoms in total. The zero-order valence-corrected chi connectivity index (χ0v) is 12.1. The number of rotatable bonds is 1. The lowest BCUT2D eigenvalue weighted by Gasteiger charge is -2.04. The van der Waals surface area contributed by atoms with E-state index in [4.69, 9.17) is 11.6 Å². The highest BCUT2D eigenvalue weighted by Crippen LogP contribution is 2.31. The van der Waals surface area contributed by atoms with Crippen LogP contribution >= 0.6 is 11.6 Å². The molecule has 0 spiro atoms. The predicted molar refractivity (Wildman–Crippen MR) is 85.7 cm³/mol. The van der Waals surface area contributed by atoms with Crippen LogP contribution in [0.15, 0.2) is 55.0 Å². The molecule has 0 saturated carbocycles. The number of benzene rings is 1. The zero-order chi connectivity index (χ0) is 15.1. The fourth-order valence-electron chi connectivity index (χ4n) is 2.68. The Morgan fingerprint density at radius 3 is 2.64 bits per heavy atom. The maximum Gasteiger partial charge on any atom is 0.116 e. The Morgan fingerprint density at radius 1 is 1.05 bits per heavy atom. The van der Waals surface area contributed by atoms with Gasteiger partial charge in [0.05, 0.1) is 16.7 Å². The van der Waals surface area contributed by atoms with Gasteiger partial charge in [0, 0.05) is 16.8 Å². The summed E-state index contributed by atoms with van der Waals surface area (Å²) in [5, 5.41) is 10.2. The van der Waals surface area contributed by atoms with Gasteiger partial charge >= 0.3 is 0 Å². The van der Waals surface area contributed by atoms with E-state index in [0.717, 1.165) is 22.3 Å². The first-order valence-electron chi connectivity index (χ1n) is 6.69. The highest BCUT2D eigenvalue weighted by molar-refractivity contribution is 6.30. The first kappa shape index (κ1) is 12.8. The minimum Gasteiger partial charge on any atom is -0.312 e. The molecule has 0 saturated heterocycles. The third-order valence-corrected chi connectivity index (χ3v) is 3.90. The minimum absolute atomic E-state index is 0.563. The Labute approximate surface area is 131 Å². The Morgan fingerprint density at radius 2 is 1.86 bits per heavy atom. The van der Waals surface area contributed by atoms with Crippen molar-refractivity contribution in [1.29, 1.82) is 5.26 Å². The van der Waals surface area contributed by atoms with Crippen molar-refractivity contribution in [2.75, 3.05) is 0 Å². The molecule has 0 aliphatic heterocycles. The summed E-state index contributed by atoms with van der Waals surface area (Å²) in [4.78, 5) is 8.73. The molecule has 0 unspecified atom stereocenters. The molecule has 0 aliphatic rings. The van der Waals surface area contributed by atoms with E-state index >= 15 is 0 Å². The summed E-state index contributed by atoms with van der Waals surface area (Å²) in [6.45, 7) is 0. The lowest BCUT2D eigenvalue weighted by atomic mass is 10.1. The van der Waals surface area contributed by atoms with Crippen LogP contribution in [0, 0.1) is 11.3 Å². The molecule has 0 radical (unpaired) electrons. The number of halogens is 1. The van der Waals surface area contributed by atoms with Crippen molar-refractivity contribution in [3.05, 3.63) is 65.6 Å². The van der Waals surface area contributed by atoms with Crippen LogP contribution in [0.1, 0.15) is 5.56 Å². The number of hydrogen-bond acceptors (Lipinski definition) is 3. The molecule has 22 heavy (non-hydrogen) atoms. The normalized spacial score (nSPS) is 10.9. The first-order chi connectivity index (χ1) is 10.8. The van der Waals surface area contributed by atoms with E-state index in [0.29, 0.717) is 16.1 Å². The van der Waals surface area contributed by atoms with E-state index in [1.165, 1.54) is 6.33 Å². The molecule has 0 bridgehead atoms. The highest BCUT2D eigenvalue weighted by Gasteiger charge is 2.17. The van der Waals surface area contributed by atoms with E-state index in [-0.39, 0.29) is 0 Å². The number of nitriles is 1. The van der Waals surface area contributed by atoms with Crippen LogP contribution in [0.2, 0.25) is 5.02 Å². The molecule has 3 aromatic heterocycles. The van der Waals surface area contributed by atoms with Gasteiger partial charge in [-0.1, -0.05) is 29.8 Å². The summed E-state index contributed by atoms with van der Waals surface area (Å²) in [5.74, 6) is 0. The van der Waals surface area contributed by atoms with Crippen molar-refractivity contribution in [2.24, 2.45) is 0 Å². The first-order valence-corrected chi connectivity index (χ1v) is 7.07. The second-order valence-corrected chi connectivity index (χ2v) is 5.31. The molecular weight excluding hydrogens is 296 g/mol. The molecule has 0 atom stereocenters. The summed E-state index contributed by atoms with van der Waals surface area (Å²) in [6, 6.07) is 15.5. The Balaban J connectivity index is 2.17. The Hall–Kier alpha value is -2.90. The van der Waals surface area contributed by atoms with Gasteiger partial charge < -0.3 is 4.40 Å². The van der Waals surface area contributed by atoms with Crippen LogP contribution in [0.3, 0.4) is 0 Å². The quantitative estimate of drug-likeness (QED) is 0.532. The molecule has 4 rings (SSSR count). The monoisotopic (exact) mass is 304 g/mol. The molecule has 0 N–H and O–H groups in total. The van der Waals surface area contributed by atoms with Gasteiger partial charge in [0.25, 0.3) is 0 Å². The Kier molecular flexibility index (Phi) is 2.81. The van der Waals surface area contributed by atoms with E-state index in [1.54, 1.807) is 0 Å². The molecular formula is C17H9ClN4. The van der Waals surface area contributed by atoms with Crippen LogP contribution in [-0.2, 0) is 0 Å². The van der Waals surface area contributed by atoms with Gasteiger partial charge in [-0.3, -0.25) is 0 Å². The van der Waals surface area contributed by atoms with E-state index in [2.05, 4.69) is 16.0 Å². The summed E-state index contributed by atoms with van der Waals surface area (Å²) in [7, 11) is 0. The summed E-state index contributed by atoms with van der Waals surface area (Å²) in [5.41, 5.74) is 4.60. The summed E-state index contributed by atoms with van der Waals surface area (Å²) >= 11 is 5.96. The van der Waals surface area contributed by atoms with E-state index in [9.17, 15) is 5.26 Å². The summed E-state index contributed by atoms with van der Waals surface area (Å²) < 4.78 is 1.96. The second kappa shape index (κ2) is 4.83. The summed E-state index contributed by atoms with van der Waals surface area (Å²) in [6.07, 6.45) is 3.41. The van der Waals surface area contributed by atoms with Crippen molar-refractivity contribution < 1.29 is 0 Å². The van der Waals surface area contributed by atoms with Crippen LogP contribution in [0.5, 0.6) is 0 Å². The van der Waals surface area contributed by atoms with E-state index < -0.39 is 0 Å². The smallest absolute Gasteiger partial charge is 0.116 e. The molecule has 5 heteroatoms. The number of hydrogen-bond donors (Lipinski definition) is 0. The third-order valence-electron chi connectivity index (χ3n) is 3.65. The molecule has 0 aliphatic carbocycles. The topological polar surface area (TPSA) is 54.0 Å². The molecule has 0 amide bonds. The van der Waals surface area contributed by atoms with Gasteiger partial charge in [-0.2, -0.15) is 5.26 Å². The van der Waals surface area contributed by atoms with Crippen LogP contribution < -0.4 is 0 Å². The number of aromatic nitrogens is 3. The van der Waals surface area contributed by atoms with E-state index in [1.807, 2.05) is 53.1 Å². The van der Waals surface area contributed by atoms with Crippen molar-refractivity contribution in [3.63, 3.8) is 0 Å². The molecule has 4 aromatic rings. The van der Waals surface area contributed by atoms with Gasteiger partial charge in [0.1, 0.15) is 23.5 Å². The standard InChI is InChI=1S/C17H9ClN4/c18-12-6-4-11(5-7-12)15-17-16(21-10-20-15)13(9-19)14-3-1-2-8-22(14)17/h1-8,10H. The lowest BCUT2D eigenvalue weighted by Crippen LogP contribution is -1.91. The number of nitrogens with zero attached hydrogens (tertiary/aromatic N) is 4. The number of fused-ring (bicyclic) bond motifs is 3. The Bertz CT molecular complexity index is 1040. The van der Waals surface area contributed by atoms with Gasteiger partial charge in [-0.25, -0.2) is 9.97 Å². The maximum absolute atomic E-state index is 9.48. The van der Waals surface area contributed by atoms with Gasteiger partial charge in [-0.05, 0) is 24.3 Å². The highest BCUT2D eigenvalue weighted by atomic mass is 35.5. The fourth-order valence-corrected chi connectivity index (χ4v) is 2.81. The van der Waals surface area contributed by atoms with Gasteiger partial charge in [0.2, 0.25) is 0 Å². The van der Waals surface area contributed by atoms with Crippen molar-refractivity contribution in [3.8, 4) is 17.3 Å². The molecule has 1 aromatic carbocycles. The van der Waals surface area contributed by atoms with Crippen LogP contribution in [0.4, 0.5) is 0 Å². The predicted octanol–water partition coefficient (Wildman–Crippen LogP) is 4.07. The third kappa shape index (κ3) is 1.77. The second-order valence-electron chi connectivity index (χ2n) is 4.87. The maximum atomic E-state index is 9.48. The molecule has 3 heterocycles. The van der Waals surface area contributed by atoms with Gasteiger partial charge in [0.15, 0.2) is 0 Å². The molecule has 0 fully saturated rings. The van der Waals surface area contributed by atoms with Crippen LogP contribution in [-0.4, -0.2) is 14.4 Å². The SMILES string of the molecule is N#Cc1c2ncnc(-c3ccc(Cl)cc3)c2n2ccccc12. The van der Waals surface area contributed by atoms with Crippen LogP contribution in [0.25, 0.3) is 27.8 Å². The minimum atomic E-state index is 0.563. The van der Waals surface area contributed by atoms with Gasteiger partial charge in [-0.15, -0.1) is 0 Å². The van der Waals surface area contributed by atoms with Crippen molar-refractivity contribution >= 4 is 28.2 Å². The zero-order valence-electron chi connectivity index (χ0n) is 11.4. The lowest BCUT2D eigenvalue weighted by molar-refractivity contribution is 1.19. The largest absolute Gasteiger partial charge is 0.312 e. The average molecular weight is 305 g/mol.